The van der Waals surface area contributed by atoms with Crippen molar-refractivity contribution in [3.05, 3.63) is 35.7 Å². The minimum absolute atomic E-state index is 0.0602. The summed E-state index contributed by atoms with van der Waals surface area (Å²) in [6.07, 6.45) is -4.27. The molecule has 0 aliphatic rings. The van der Waals surface area contributed by atoms with E-state index in [9.17, 15) is 22.8 Å². The summed E-state index contributed by atoms with van der Waals surface area (Å²) in [6, 6.07) is 5.51. The summed E-state index contributed by atoms with van der Waals surface area (Å²) < 4.78 is 41.8. The highest BCUT2D eigenvalue weighted by Crippen LogP contribution is 2.29. The predicted octanol–water partition coefficient (Wildman–Crippen LogP) is 3.47. The number of benzene rings is 1. The number of carbonyl (C=O) groups is 2. The fourth-order valence-electron chi connectivity index (χ4n) is 2.34. The van der Waals surface area contributed by atoms with Crippen molar-refractivity contribution < 1.29 is 32.4 Å². The lowest BCUT2D eigenvalue weighted by atomic mass is 10.1. The van der Waals surface area contributed by atoms with Crippen molar-refractivity contribution >= 4 is 11.9 Å². The van der Waals surface area contributed by atoms with Crippen LogP contribution in [0.1, 0.15) is 42.9 Å². The van der Waals surface area contributed by atoms with E-state index in [2.05, 4.69) is 14.7 Å². The molecule has 0 spiro atoms. The molecule has 1 amide bonds. The van der Waals surface area contributed by atoms with Crippen LogP contribution in [-0.2, 0) is 11.0 Å². The number of nitrogens with zero attached hydrogens (tertiary/aromatic N) is 3. The van der Waals surface area contributed by atoms with Crippen LogP contribution in [0.2, 0.25) is 0 Å². The highest BCUT2D eigenvalue weighted by molar-refractivity contribution is 5.95. The number of carbonyl (C=O) groups excluding carboxylic acids is 1. The largest absolute Gasteiger partial charge is 0.481 e. The third-order valence-electron chi connectivity index (χ3n) is 4.01. The van der Waals surface area contributed by atoms with E-state index >= 15 is 0 Å². The number of hydrogen-bond acceptors (Lipinski definition) is 5. The molecule has 1 aromatic heterocycles. The molecule has 0 saturated carbocycles. The number of aromatic nitrogens is 2. The summed E-state index contributed by atoms with van der Waals surface area (Å²) in [4.78, 5) is 28.2. The van der Waals surface area contributed by atoms with E-state index < -0.39 is 18.0 Å². The van der Waals surface area contributed by atoms with E-state index in [-0.39, 0.29) is 41.9 Å². The lowest BCUT2D eigenvalue weighted by Crippen LogP contribution is -2.39. The van der Waals surface area contributed by atoms with Gasteiger partial charge < -0.3 is 14.5 Å². The monoisotopic (exact) mass is 385 g/mol. The normalized spacial score (nSPS) is 12.6. The van der Waals surface area contributed by atoms with E-state index in [1.165, 1.54) is 29.2 Å². The van der Waals surface area contributed by atoms with Crippen LogP contribution in [0.5, 0.6) is 0 Å². The lowest BCUT2D eigenvalue weighted by Gasteiger charge is -2.28. The highest BCUT2D eigenvalue weighted by Gasteiger charge is 2.38. The fourth-order valence-corrected chi connectivity index (χ4v) is 2.34. The topological polar surface area (TPSA) is 96.5 Å². The average molecular weight is 385 g/mol. The quantitative estimate of drug-likeness (QED) is 0.784. The van der Waals surface area contributed by atoms with Crippen molar-refractivity contribution in [1.82, 2.24) is 15.0 Å². The molecule has 0 fully saturated rings. The minimum Gasteiger partial charge on any atom is -0.481 e. The van der Waals surface area contributed by atoms with Gasteiger partial charge in [-0.3, -0.25) is 9.59 Å². The third kappa shape index (κ3) is 5.05. The summed E-state index contributed by atoms with van der Waals surface area (Å²) in [5.41, 5.74) is 0.537. The van der Waals surface area contributed by atoms with Gasteiger partial charge in [-0.2, -0.15) is 18.2 Å². The number of hydrogen-bond donors (Lipinski definition) is 1. The number of alkyl halides is 3. The van der Waals surface area contributed by atoms with Crippen LogP contribution < -0.4 is 0 Å². The van der Waals surface area contributed by atoms with Crippen molar-refractivity contribution in [2.75, 3.05) is 6.54 Å². The summed E-state index contributed by atoms with van der Waals surface area (Å²) in [6.45, 7) is 3.75. The molecule has 2 rings (SSSR count). The van der Waals surface area contributed by atoms with Crippen LogP contribution in [0.4, 0.5) is 13.2 Å². The van der Waals surface area contributed by atoms with Crippen LogP contribution in [0.3, 0.4) is 0 Å². The number of aliphatic carboxylic acids is 1. The van der Waals surface area contributed by atoms with Crippen LogP contribution in [0.15, 0.2) is 28.8 Å². The first-order chi connectivity index (χ1) is 12.6. The van der Waals surface area contributed by atoms with Gasteiger partial charge in [-0.05, 0) is 25.5 Å². The Morgan fingerprint density at radius 2 is 1.89 bits per heavy atom. The predicted molar refractivity (Wildman–Crippen MR) is 87.8 cm³/mol. The van der Waals surface area contributed by atoms with Crippen LogP contribution in [0.25, 0.3) is 11.4 Å². The van der Waals surface area contributed by atoms with Gasteiger partial charge in [0.1, 0.15) is 0 Å². The van der Waals surface area contributed by atoms with E-state index in [0.29, 0.717) is 6.42 Å². The maximum atomic E-state index is 12.7. The third-order valence-corrected chi connectivity index (χ3v) is 4.01. The zero-order valence-electron chi connectivity index (χ0n) is 14.7. The molecule has 2 aromatic rings. The minimum atomic E-state index is -4.73. The Labute approximate surface area is 152 Å². The molecule has 10 heteroatoms. The number of carboxylic acid groups (broad SMARTS) is 1. The Morgan fingerprint density at radius 3 is 2.37 bits per heavy atom. The summed E-state index contributed by atoms with van der Waals surface area (Å²) >= 11 is 0. The van der Waals surface area contributed by atoms with Crippen molar-refractivity contribution in [2.24, 2.45) is 0 Å². The van der Waals surface area contributed by atoms with Gasteiger partial charge in [-0.25, -0.2) is 0 Å². The maximum Gasteiger partial charge on any atom is 0.471 e. The molecular formula is C17H18F3N3O4. The van der Waals surface area contributed by atoms with Gasteiger partial charge in [0.15, 0.2) is 0 Å². The van der Waals surface area contributed by atoms with Crippen molar-refractivity contribution in [1.29, 1.82) is 0 Å². The van der Waals surface area contributed by atoms with Crippen LogP contribution in [-0.4, -0.2) is 44.6 Å². The standard InChI is InChI=1S/C17H18F3N3O4/c1-3-10(2)23(9-8-13(24)25)15(26)12-6-4-11(5-7-12)14-21-16(27-22-14)17(18,19)20/h4-7,10H,3,8-9H2,1-2H3,(H,24,25)/t10-/m0/s1. The molecule has 1 aromatic carbocycles. The molecule has 0 unspecified atom stereocenters. The second kappa shape index (κ2) is 8.19. The summed E-state index contributed by atoms with van der Waals surface area (Å²) in [5, 5.41) is 12.1. The molecule has 146 valence electrons. The Bertz CT molecular complexity index is 803. The maximum absolute atomic E-state index is 12.7. The first kappa shape index (κ1) is 20.4. The highest BCUT2D eigenvalue weighted by atomic mass is 19.4. The number of halogens is 3. The Kier molecular flexibility index (Phi) is 6.19. The molecule has 27 heavy (non-hydrogen) atoms. The van der Waals surface area contributed by atoms with Crippen molar-refractivity contribution in [3.63, 3.8) is 0 Å². The van der Waals surface area contributed by atoms with Gasteiger partial charge in [0.25, 0.3) is 5.91 Å². The van der Waals surface area contributed by atoms with Gasteiger partial charge >= 0.3 is 18.0 Å². The van der Waals surface area contributed by atoms with Gasteiger partial charge in [0.2, 0.25) is 5.82 Å². The first-order valence-corrected chi connectivity index (χ1v) is 8.17. The van der Waals surface area contributed by atoms with E-state index in [0.717, 1.165) is 0 Å². The molecule has 0 radical (unpaired) electrons. The molecular weight excluding hydrogens is 367 g/mol. The molecule has 1 N–H and O–H groups in total. The molecule has 7 nitrogen and oxygen atoms in total. The van der Waals surface area contributed by atoms with Crippen molar-refractivity contribution in [2.45, 2.75) is 38.9 Å². The summed E-state index contributed by atoms with van der Waals surface area (Å²) in [7, 11) is 0. The van der Waals surface area contributed by atoms with E-state index in [4.69, 9.17) is 5.11 Å². The number of carboxylic acids is 1. The zero-order chi connectivity index (χ0) is 20.2. The van der Waals surface area contributed by atoms with Crippen molar-refractivity contribution in [3.8, 4) is 11.4 Å². The molecule has 0 bridgehead atoms. The number of rotatable bonds is 7. The van der Waals surface area contributed by atoms with Gasteiger partial charge in [-0.15, -0.1) is 0 Å². The van der Waals surface area contributed by atoms with Gasteiger partial charge in [0.05, 0.1) is 6.42 Å². The SMILES string of the molecule is CC[C@H](C)N(CCC(=O)O)C(=O)c1ccc(-c2noc(C(F)(F)F)n2)cc1. The van der Waals surface area contributed by atoms with Gasteiger partial charge in [0, 0.05) is 23.7 Å². The second-order valence-corrected chi connectivity index (χ2v) is 5.90. The van der Waals surface area contributed by atoms with Crippen LogP contribution >= 0.6 is 0 Å². The molecule has 1 heterocycles. The van der Waals surface area contributed by atoms with Crippen LogP contribution in [0, 0.1) is 0 Å². The Balaban J connectivity index is 2.20. The molecule has 0 saturated heterocycles. The lowest BCUT2D eigenvalue weighted by molar-refractivity contribution is -0.159. The molecule has 0 aliphatic heterocycles. The Hall–Kier alpha value is -2.91. The second-order valence-electron chi connectivity index (χ2n) is 5.90. The summed E-state index contributed by atoms with van der Waals surface area (Å²) in [5.74, 6) is -3.06. The molecule has 0 aliphatic carbocycles. The number of amides is 1. The van der Waals surface area contributed by atoms with E-state index in [1.807, 2.05) is 13.8 Å². The van der Waals surface area contributed by atoms with Gasteiger partial charge in [-0.1, -0.05) is 24.2 Å². The fraction of sp³-hybridized carbons (Fsp3) is 0.412. The first-order valence-electron chi connectivity index (χ1n) is 8.17. The zero-order valence-corrected chi connectivity index (χ0v) is 14.7. The smallest absolute Gasteiger partial charge is 0.471 e. The Morgan fingerprint density at radius 1 is 1.26 bits per heavy atom. The average Bonchev–Trinajstić information content (AvgIpc) is 3.11. The van der Waals surface area contributed by atoms with E-state index in [1.54, 1.807) is 0 Å². The molecule has 1 atom stereocenters.